The molecule has 0 atom stereocenters. The summed E-state index contributed by atoms with van der Waals surface area (Å²) in [6.45, 7) is -0.478. The van der Waals surface area contributed by atoms with Gasteiger partial charge in [-0.05, 0) is 24.3 Å². The number of nitrogens with zero attached hydrogens (tertiary/aromatic N) is 2. The van der Waals surface area contributed by atoms with Gasteiger partial charge in [0.25, 0.3) is 5.69 Å². The van der Waals surface area contributed by atoms with Gasteiger partial charge in [0.2, 0.25) is 0 Å². The highest BCUT2D eigenvalue weighted by Crippen LogP contribution is 2.25. The van der Waals surface area contributed by atoms with Gasteiger partial charge < -0.3 is 4.74 Å². The van der Waals surface area contributed by atoms with E-state index in [0.717, 1.165) is 5.56 Å². The summed E-state index contributed by atoms with van der Waals surface area (Å²) < 4.78 is 5.27. The predicted octanol–water partition coefficient (Wildman–Crippen LogP) is 4.85. The van der Waals surface area contributed by atoms with Gasteiger partial charge in [-0.15, -0.1) is 0 Å². The standard InChI is InChI=1S/C24H16N2O5/c27-23(17-10-12-18(13-11-17)26(29)30)15-31-24(28)20-14-22(16-6-2-1-3-7-16)25-21-9-5-4-8-19(20)21/h1-14H,15H2. The summed E-state index contributed by atoms with van der Waals surface area (Å²) in [6.07, 6.45) is 0. The van der Waals surface area contributed by atoms with Crippen molar-refractivity contribution >= 4 is 28.3 Å². The fraction of sp³-hybridized carbons (Fsp3) is 0.0417. The van der Waals surface area contributed by atoms with Crippen LogP contribution >= 0.6 is 0 Å². The van der Waals surface area contributed by atoms with E-state index in [0.29, 0.717) is 22.2 Å². The number of carbonyl (C=O) groups excluding carboxylic acids is 2. The van der Waals surface area contributed by atoms with E-state index >= 15 is 0 Å². The number of non-ortho nitro benzene ring substituents is 1. The number of fused-ring (bicyclic) bond motifs is 1. The number of pyridine rings is 1. The van der Waals surface area contributed by atoms with Crippen molar-refractivity contribution in [3.8, 4) is 11.3 Å². The first kappa shape index (κ1) is 19.9. The minimum atomic E-state index is -0.647. The molecular weight excluding hydrogens is 396 g/mol. The topological polar surface area (TPSA) is 99.4 Å². The number of nitro benzene ring substituents is 1. The van der Waals surface area contributed by atoms with Gasteiger partial charge in [0, 0.05) is 28.6 Å². The Kier molecular flexibility index (Phi) is 5.49. The van der Waals surface area contributed by atoms with E-state index in [9.17, 15) is 19.7 Å². The second-order valence-electron chi connectivity index (χ2n) is 6.74. The largest absolute Gasteiger partial charge is 0.454 e. The molecule has 152 valence electrons. The van der Waals surface area contributed by atoms with Crippen LogP contribution in [0.15, 0.2) is 84.9 Å². The lowest BCUT2D eigenvalue weighted by molar-refractivity contribution is -0.384. The van der Waals surface area contributed by atoms with Gasteiger partial charge >= 0.3 is 5.97 Å². The van der Waals surface area contributed by atoms with Crippen LogP contribution in [0.5, 0.6) is 0 Å². The van der Waals surface area contributed by atoms with Crippen LogP contribution in [0.1, 0.15) is 20.7 Å². The molecule has 0 bridgehead atoms. The summed E-state index contributed by atoms with van der Waals surface area (Å²) in [6, 6.07) is 23.4. The van der Waals surface area contributed by atoms with E-state index in [4.69, 9.17) is 4.74 Å². The second kappa shape index (κ2) is 8.54. The fourth-order valence-electron chi connectivity index (χ4n) is 3.16. The number of esters is 1. The third-order valence-corrected chi connectivity index (χ3v) is 4.74. The zero-order valence-corrected chi connectivity index (χ0v) is 16.2. The van der Waals surface area contributed by atoms with Crippen LogP contribution in [0.3, 0.4) is 0 Å². The lowest BCUT2D eigenvalue weighted by Crippen LogP contribution is -2.15. The normalized spacial score (nSPS) is 10.6. The number of ether oxygens (including phenoxy) is 1. The van der Waals surface area contributed by atoms with Gasteiger partial charge in [-0.1, -0.05) is 48.5 Å². The summed E-state index contributed by atoms with van der Waals surface area (Å²) >= 11 is 0. The molecule has 3 aromatic carbocycles. The first-order valence-electron chi connectivity index (χ1n) is 9.43. The molecule has 1 aromatic heterocycles. The van der Waals surface area contributed by atoms with Gasteiger partial charge in [0.15, 0.2) is 12.4 Å². The Balaban J connectivity index is 1.58. The van der Waals surface area contributed by atoms with Crippen molar-refractivity contribution in [2.24, 2.45) is 0 Å². The maximum Gasteiger partial charge on any atom is 0.339 e. The highest BCUT2D eigenvalue weighted by Gasteiger charge is 2.17. The number of Topliss-reactive ketones (excluding diaryl/α,β-unsaturated/α-hetero) is 1. The maximum atomic E-state index is 12.8. The first-order valence-corrected chi connectivity index (χ1v) is 9.43. The molecule has 7 nitrogen and oxygen atoms in total. The zero-order valence-electron chi connectivity index (χ0n) is 16.2. The first-order chi connectivity index (χ1) is 15.0. The molecule has 7 heteroatoms. The summed E-state index contributed by atoms with van der Waals surface area (Å²) in [5.74, 6) is -1.10. The number of carbonyl (C=O) groups is 2. The average molecular weight is 412 g/mol. The molecular formula is C24H16N2O5. The Bertz CT molecular complexity index is 1280. The van der Waals surface area contributed by atoms with Crippen molar-refractivity contribution in [3.05, 3.63) is 106 Å². The van der Waals surface area contributed by atoms with E-state index in [2.05, 4.69) is 4.98 Å². The summed E-state index contributed by atoms with van der Waals surface area (Å²) in [5, 5.41) is 11.4. The summed E-state index contributed by atoms with van der Waals surface area (Å²) in [5.41, 5.74) is 2.52. The van der Waals surface area contributed by atoms with Crippen LogP contribution in [0, 0.1) is 10.1 Å². The highest BCUT2D eigenvalue weighted by atomic mass is 16.6. The van der Waals surface area contributed by atoms with Crippen LogP contribution in [-0.2, 0) is 4.74 Å². The van der Waals surface area contributed by atoms with E-state index in [1.807, 2.05) is 36.4 Å². The van der Waals surface area contributed by atoms with Gasteiger partial charge in [0.1, 0.15) is 0 Å². The molecule has 0 aliphatic carbocycles. The fourth-order valence-corrected chi connectivity index (χ4v) is 3.16. The number of hydrogen-bond donors (Lipinski definition) is 0. The number of ketones is 1. The van der Waals surface area contributed by atoms with Gasteiger partial charge in [-0.2, -0.15) is 0 Å². The molecule has 31 heavy (non-hydrogen) atoms. The molecule has 0 aliphatic rings. The lowest BCUT2D eigenvalue weighted by atomic mass is 10.0. The van der Waals surface area contributed by atoms with Gasteiger partial charge in [-0.3, -0.25) is 14.9 Å². The molecule has 1 heterocycles. The van der Waals surface area contributed by atoms with Crippen LogP contribution in [0.4, 0.5) is 5.69 Å². The Morgan fingerprint density at radius 3 is 2.29 bits per heavy atom. The monoisotopic (exact) mass is 412 g/mol. The molecule has 4 aromatic rings. The quantitative estimate of drug-likeness (QED) is 0.194. The van der Waals surface area contributed by atoms with Gasteiger partial charge in [-0.25, -0.2) is 9.78 Å². The molecule has 0 radical (unpaired) electrons. The maximum absolute atomic E-state index is 12.8. The van der Waals surface area contributed by atoms with Crippen molar-refractivity contribution in [2.75, 3.05) is 6.61 Å². The van der Waals surface area contributed by atoms with Crippen LogP contribution in [-0.4, -0.2) is 28.3 Å². The van der Waals surface area contributed by atoms with E-state index in [1.165, 1.54) is 24.3 Å². The molecule has 0 amide bonds. The predicted molar refractivity (Wildman–Crippen MR) is 115 cm³/mol. The summed E-state index contributed by atoms with van der Waals surface area (Å²) in [7, 11) is 0. The molecule has 0 aliphatic heterocycles. The van der Waals surface area contributed by atoms with Crippen LogP contribution < -0.4 is 0 Å². The summed E-state index contributed by atoms with van der Waals surface area (Å²) in [4.78, 5) is 40.0. The number of rotatable bonds is 6. The van der Waals surface area contributed by atoms with Crippen molar-refractivity contribution in [2.45, 2.75) is 0 Å². The molecule has 0 N–H and O–H groups in total. The lowest BCUT2D eigenvalue weighted by Gasteiger charge is -2.10. The van der Waals surface area contributed by atoms with Crippen molar-refractivity contribution in [1.82, 2.24) is 4.98 Å². The molecule has 4 rings (SSSR count). The average Bonchev–Trinajstić information content (AvgIpc) is 2.82. The van der Waals surface area contributed by atoms with Gasteiger partial charge in [0.05, 0.1) is 21.7 Å². The second-order valence-corrected chi connectivity index (χ2v) is 6.74. The van der Waals surface area contributed by atoms with Crippen molar-refractivity contribution in [1.29, 1.82) is 0 Å². The Morgan fingerprint density at radius 2 is 1.58 bits per heavy atom. The van der Waals surface area contributed by atoms with E-state index < -0.39 is 23.3 Å². The third kappa shape index (κ3) is 4.30. The molecule has 0 saturated carbocycles. The Hall–Kier alpha value is -4.39. The number of para-hydroxylation sites is 1. The highest BCUT2D eigenvalue weighted by molar-refractivity contribution is 6.06. The Morgan fingerprint density at radius 1 is 0.903 bits per heavy atom. The number of benzene rings is 3. The zero-order chi connectivity index (χ0) is 21.8. The third-order valence-electron chi connectivity index (χ3n) is 4.74. The van der Waals surface area contributed by atoms with E-state index in [1.54, 1.807) is 24.3 Å². The molecule has 0 saturated heterocycles. The number of hydrogen-bond acceptors (Lipinski definition) is 6. The van der Waals surface area contributed by atoms with Crippen LogP contribution in [0.2, 0.25) is 0 Å². The molecule has 0 spiro atoms. The van der Waals surface area contributed by atoms with E-state index in [-0.39, 0.29) is 11.3 Å². The molecule has 0 unspecified atom stereocenters. The minimum Gasteiger partial charge on any atom is -0.454 e. The number of nitro groups is 1. The smallest absolute Gasteiger partial charge is 0.339 e. The van der Waals surface area contributed by atoms with Crippen molar-refractivity contribution < 1.29 is 19.2 Å². The minimum absolute atomic E-state index is 0.120. The molecule has 0 fully saturated rings. The SMILES string of the molecule is O=C(COC(=O)c1cc(-c2ccccc2)nc2ccccc12)c1ccc([N+](=O)[O-])cc1. The Labute approximate surface area is 177 Å². The van der Waals surface area contributed by atoms with Crippen LogP contribution in [0.25, 0.3) is 22.2 Å². The number of aromatic nitrogens is 1. The van der Waals surface area contributed by atoms with Crippen molar-refractivity contribution in [3.63, 3.8) is 0 Å².